The molecule has 0 amide bonds. The number of halogens is 6. The van der Waals surface area contributed by atoms with Crippen LogP contribution >= 0.6 is 15.9 Å². The first-order valence-corrected chi connectivity index (χ1v) is 4.72. The number of benzene rings is 1. The number of alkyl halides is 4. The van der Waals surface area contributed by atoms with Crippen molar-refractivity contribution in [2.45, 2.75) is 12.3 Å². The lowest BCUT2D eigenvalue weighted by atomic mass is 10.1. The molecule has 1 rings (SSSR count). The van der Waals surface area contributed by atoms with E-state index in [0.717, 1.165) is 18.2 Å². The first kappa shape index (κ1) is 13.1. The molecule has 0 heterocycles. The molecule has 0 atom stereocenters. The van der Waals surface area contributed by atoms with Gasteiger partial charge in [0, 0.05) is 0 Å². The molecule has 0 unspecified atom stereocenters. The van der Waals surface area contributed by atoms with Gasteiger partial charge in [-0.3, -0.25) is 4.79 Å². The SMILES string of the molecule is O=C(c1cccc(Br)c1F)C(F)(F)C(F)F. The summed E-state index contributed by atoms with van der Waals surface area (Å²) < 4.78 is 62.0. The van der Waals surface area contributed by atoms with Gasteiger partial charge in [-0.05, 0) is 28.1 Å². The van der Waals surface area contributed by atoms with Gasteiger partial charge in [-0.15, -0.1) is 0 Å². The fourth-order valence-electron chi connectivity index (χ4n) is 0.958. The fourth-order valence-corrected chi connectivity index (χ4v) is 1.32. The van der Waals surface area contributed by atoms with Crippen LogP contribution in [0.2, 0.25) is 0 Å². The molecule has 1 aromatic carbocycles. The van der Waals surface area contributed by atoms with Crippen LogP contribution in [0.25, 0.3) is 0 Å². The third kappa shape index (κ3) is 2.23. The van der Waals surface area contributed by atoms with Gasteiger partial charge in [0.05, 0.1) is 10.0 Å². The maximum Gasteiger partial charge on any atom is 0.368 e. The Morgan fingerprint density at radius 2 is 1.88 bits per heavy atom. The van der Waals surface area contributed by atoms with Gasteiger partial charge in [0.15, 0.2) is 0 Å². The second-order valence-corrected chi connectivity index (χ2v) is 3.71. The summed E-state index contributed by atoms with van der Waals surface area (Å²) in [6.07, 6.45) is -4.17. The highest BCUT2D eigenvalue weighted by molar-refractivity contribution is 9.10. The van der Waals surface area contributed by atoms with Crippen molar-refractivity contribution in [2.75, 3.05) is 0 Å². The lowest BCUT2D eigenvalue weighted by Crippen LogP contribution is -2.37. The van der Waals surface area contributed by atoms with Crippen molar-refractivity contribution >= 4 is 21.7 Å². The average molecular weight is 303 g/mol. The van der Waals surface area contributed by atoms with E-state index in [1.54, 1.807) is 0 Å². The number of ketones is 1. The number of Topliss-reactive ketones (excluding diaryl/α,β-unsaturated/α-hetero) is 1. The summed E-state index contributed by atoms with van der Waals surface area (Å²) in [6, 6.07) is 2.98. The summed E-state index contributed by atoms with van der Waals surface area (Å²) in [6.45, 7) is 0. The quantitative estimate of drug-likeness (QED) is 0.615. The van der Waals surface area contributed by atoms with Crippen LogP contribution in [0.5, 0.6) is 0 Å². The van der Waals surface area contributed by atoms with E-state index in [4.69, 9.17) is 0 Å². The van der Waals surface area contributed by atoms with Crippen molar-refractivity contribution in [1.82, 2.24) is 0 Å². The largest absolute Gasteiger partial charge is 0.368 e. The van der Waals surface area contributed by atoms with Crippen molar-refractivity contribution in [2.24, 2.45) is 0 Å². The van der Waals surface area contributed by atoms with Gasteiger partial charge in [0.1, 0.15) is 5.82 Å². The maximum atomic E-state index is 13.2. The minimum Gasteiger partial charge on any atom is -0.287 e. The minimum atomic E-state index is -4.89. The van der Waals surface area contributed by atoms with Crippen molar-refractivity contribution < 1.29 is 26.7 Å². The van der Waals surface area contributed by atoms with Gasteiger partial charge in [0.2, 0.25) is 5.78 Å². The highest BCUT2D eigenvalue weighted by Crippen LogP contribution is 2.30. The third-order valence-corrected chi connectivity index (χ3v) is 2.39. The van der Waals surface area contributed by atoms with Crippen LogP contribution in [0.1, 0.15) is 10.4 Å². The van der Waals surface area contributed by atoms with Crippen molar-refractivity contribution in [3.63, 3.8) is 0 Å². The van der Waals surface area contributed by atoms with E-state index < -0.39 is 29.5 Å². The molecule has 0 bridgehead atoms. The molecule has 0 spiro atoms. The Morgan fingerprint density at radius 3 is 2.38 bits per heavy atom. The van der Waals surface area contributed by atoms with Gasteiger partial charge in [0.25, 0.3) is 0 Å². The summed E-state index contributed by atoms with van der Waals surface area (Å²) >= 11 is 2.66. The minimum absolute atomic E-state index is 0.247. The molecule has 1 nitrogen and oxygen atoms in total. The number of hydrogen-bond acceptors (Lipinski definition) is 1. The monoisotopic (exact) mass is 302 g/mol. The normalized spacial score (nSPS) is 11.9. The van der Waals surface area contributed by atoms with Crippen LogP contribution < -0.4 is 0 Å². The standard InChI is InChI=1S/C9H4BrF5O/c10-5-3-1-2-4(6(5)11)7(16)9(14,15)8(12)13/h1-3,8H. The highest BCUT2D eigenvalue weighted by Gasteiger charge is 2.49. The first-order valence-electron chi connectivity index (χ1n) is 3.93. The molecule has 1 aromatic rings. The van der Waals surface area contributed by atoms with Crippen LogP contribution in [0.3, 0.4) is 0 Å². The second kappa shape index (κ2) is 4.48. The third-order valence-electron chi connectivity index (χ3n) is 1.77. The molecule has 0 saturated heterocycles. The van der Waals surface area contributed by atoms with Gasteiger partial charge in [-0.1, -0.05) is 6.07 Å². The molecule has 0 aliphatic heterocycles. The second-order valence-electron chi connectivity index (χ2n) is 2.85. The summed E-state index contributed by atoms with van der Waals surface area (Å²) in [7, 11) is 0. The molecule has 0 radical (unpaired) electrons. The lowest BCUT2D eigenvalue weighted by molar-refractivity contribution is -0.0959. The Morgan fingerprint density at radius 1 is 1.31 bits per heavy atom. The number of carbonyl (C=O) groups excluding carboxylic acids is 1. The molecule has 0 aromatic heterocycles. The Balaban J connectivity index is 3.21. The topological polar surface area (TPSA) is 17.1 Å². The molecule has 7 heteroatoms. The Hall–Kier alpha value is -0.980. The smallest absolute Gasteiger partial charge is 0.287 e. The molecule has 16 heavy (non-hydrogen) atoms. The predicted octanol–water partition coefficient (Wildman–Crippen LogP) is 3.67. The number of hydrogen-bond donors (Lipinski definition) is 0. The van der Waals surface area contributed by atoms with Gasteiger partial charge >= 0.3 is 12.3 Å². The Bertz CT molecular complexity index is 418. The Labute approximate surface area is 95.4 Å². The molecule has 0 saturated carbocycles. The fraction of sp³-hybridized carbons (Fsp3) is 0.222. The van der Waals surface area contributed by atoms with Gasteiger partial charge in [-0.2, -0.15) is 8.78 Å². The summed E-state index contributed by atoms with van der Waals surface area (Å²) in [4.78, 5) is 11.0. The lowest BCUT2D eigenvalue weighted by Gasteiger charge is -2.14. The van der Waals surface area contributed by atoms with E-state index in [9.17, 15) is 26.7 Å². The van der Waals surface area contributed by atoms with E-state index in [0.29, 0.717) is 0 Å². The Kier molecular flexibility index (Phi) is 3.67. The van der Waals surface area contributed by atoms with E-state index in [1.807, 2.05) is 0 Å². The molecule has 88 valence electrons. The maximum absolute atomic E-state index is 13.2. The zero-order valence-corrected chi connectivity index (χ0v) is 9.07. The van der Waals surface area contributed by atoms with E-state index in [1.165, 1.54) is 0 Å². The van der Waals surface area contributed by atoms with Crippen LogP contribution in [0.4, 0.5) is 22.0 Å². The number of carbonyl (C=O) groups is 1. The van der Waals surface area contributed by atoms with Gasteiger partial charge in [-0.25, -0.2) is 13.2 Å². The summed E-state index contributed by atoms with van der Waals surface area (Å²) in [5, 5.41) is 0. The zero-order chi connectivity index (χ0) is 12.5. The van der Waals surface area contributed by atoms with Crippen LogP contribution in [-0.4, -0.2) is 18.1 Å². The van der Waals surface area contributed by atoms with E-state index >= 15 is 0 Å². The highest BCUT2D eigenvalue weighted by atomic mass is 79.9. The van der Waals surface area contributed by atoms with Crippen molar-refractivity contribution in [3.8, 4) is 0 Å². The predicted molar refractivity (Wildman–Crippen MR) is 49.4 cm³/mol. The van der Waals surface area contributed by atoms with Crippen LogP contribution in [-0.2, 0) is 0 Å². The first-order chi connectivity index (χ1) is 7.28. The van der Waals surface area contributed by atoms with Crippen molar-refractivity contribution in [3.05, 3.63) is 34.1 Å². The van der Waals surface area contributed by atoms with E-state index in [2.05, 4.69) is 15.9 Å². The summed E-state index contributed by atoms with van der Waals surface area (Å²) in [5.41, 5.74) is -1.07. The molecule has 0 aliphatic carbocycles. The van der Waals surface area contributed by atoms with Gasteiger partial charge < -0.3 is 0 Å². The number of rotatable bonds is 3. The van der Waals surface area contributed by atoms with Crippen molar-refractivity contribution in [1.29, 1.82) is 0 Å². The zero-order valence-electron chi connectivity index (χ0n) is 7.49. The molecule has 0 N–H and O–H groups in total. The molecule has 0 fully saturated rings. The molecular weight excluding hydrogens is 299 g/mol. The molecule has 0 aliphatic rings. The summed E-state index contributed by atoms with van der Waals surface area (Å²) in [5.74, 6) is -8.41. The van der Waals surface area contributed by atoms with Crippen LogP contribution in [0, 0.1) is 5.82 Å². The average Bonchev–Trinajstić information content (AvgIpc) is 2.21. The van der Waals surface area contributed by atoms with Crippen LogP contribution in [0.15, 0.2) is 22.7 Å². The van der Waals surface area contributed by atoms with E-state index in [-0.39, 0.29) is 4.47 Å². The molecular formula is C9H4BrF5O.